The van der Waals surface area contributed by atoms with Crippen molar-refractivity contribution in [1.82, 2.24) is 4.90 Å². The minimum absolute atomic E-state index is 0.138. The van der Waals surface area contributed by atoms with Crippen LogP contribution >= 0.6 is 39.3 Å². The van der Waals surface area contributed by atoms with Crippen LogP contribution in [-0.2, 0) is 5.41 Å². The van der Waals surface area contributed by atoms with E-state index >= 15 is 0 Å². The lowest BCUT2D eigenvalue weighted by molar-refractivity contribution is 0.0708. The Labute approximate surface area is 220 Å². The van der Waals surface area contributed by atoms with Gasteiger partial charge in [0.2, 0.25) is 0 Å². The Balaban J connectivity index is 1.56. The van der Waals surface area contributed by atoms with Crippen molar-refractivity contribution in [2.75, 3.05) is 50.2 Å². The monoisotopic (exact) mass is 571 g/mol. The summed E-state index contributed by atoms with van der Waals surface area (Å²) in [6.45, 7) is 7.52. The predicted molar refractivity (Wildman–Crippen MR) is 145 cm³/mol. The maximum Gasteiger partial charge on any atom is 0.133 e. The van der Waals surface area contributed by atoms with Gasteiger partial charge in [-0.05, 0) is 70.0 Å². The summed E-state index contributed by atoms with van der Waals surface area (Å²) in [5, 5.41) is 20.0. The van der Waals surface area contributed by atoms with Crippen LogP contribution in [0.2, 0.25) is 0 Å². The van der Waals surface area contributed by atoms with Gasteiger partial charge in [-0.2, -0.15) is 11.8 Å². The number of hydrogen-bond acceptors (Lipinski definition) is 6. The molecule has 1 aliphatic heterocycles. The lowest BCUT2D eigenvalue weighted by Gasteiger charge is -2.27. The fraction of sp³-hybridized carbons (Fsp3) is 0.538. The predicted octanol–water partition coefficient (Wildman–Crippen LogP) is 4.93. The number of hydrogen-bond donors (Lipinski definition) is 2. The maximum atomic E-state index is 10.4. The third-order valence-corrected chi connectivity index (χ3v) is 8.09. The lowest BCUT2D eigenvalue weighted by Crippen LogP contribution is -2.36. The van der Waals surface area contributed by atoms with E-state index in [0.717, 1.165) is 40.2 Å². The minimum Gasteiger partial charge on any atom is -0.491 e. The number of aliphatic hydroxyl groups is 2. The van der Waals surface area contributed by atoms with E-state index in [4.69, 9.17) is 21.1 Å². The Morgan fingerprint density at radius 2 is 1.71 bits per heavy atom. The normalized spacial score (nSPS) is 17.1. The molecule has 0 aromatic heterocycles. The molecular weight excluding hydrogens is 538 g/mol. The van der Waals surface area contributed by atoms with Gasteiger partial charge in [-0.3, -0.25) is 4.90 Å². The van der Waals surface area contributed by atoms with Crippen LogP contribution in [-0.4, -0.2) is 77.6 Å². The number of aliphatic hydroxyl groups excluding tert-OH is 2. The molecule has 1 saturated heterocycles. The standard InChI is InChI=1S/C26H35BrClNO4S/c1-26(2,20-6-9-25(24(27)14-20)33-17-21(30)15-28)19-4-7-23(8-5-19)32-18-22(31)16-29-10-3-12-34-13-11-29/h4-9,14,21-22,30-31H,3,10-13,15-18H2,1-2H3/t21-,22+/m0/s1. The highest BCUT2D eigenvalue weighted by atomic mass is 79.9. The van der Waals surface area contributed by atoms with Gasteiger partial charge >= 0.3 is 0 Å². The summed E-state index contributed by atoms with van der Waals surface area (Å²) in [4.78, 5) is 2.33. The van der Waals surface area contributed by atoms with Crippen molar-refractivity contribution in [2.45, 2.75) is 37.9 Å². The van der Waals surface area contributed by atoms with E-state index in [1.165, 1.54) is 12.2 Å². The molecule has 1 heterocycles. The molecule has 2 N–H and O–H groups in total. The average molecular weight is 573 g/mol. The minimum atomic E-state index is -0.694. The van der Waals surface area contributed by atoms with Gasteiger partial charge < -0.3 is 19.7 Å². The summed E-state index contributed by atoms with van der Waals surface area (Å²) < 4.78 is 12.4. The molecule has 0 saturated carbocycles. The summed E-state index contributed by atoms with van der Waals surface area (Å²) in [7, 11) is 0. The maximum absolute atomic E-state index is 10.4. The van der Waals surface area contributed by atoms with Gasteiger partial charge in [0.25, 0.3) is 0 Å². The van der Waals surface area contributed by atoms with Crippen LogP contribution in [0.1, 0.15) is 31.4 Å². The van der Waals surface area contributed by atoms with E-state index in [1.807, 2.05) is 42.1 Å². The van der Waals surface area contributed by atoms with Crippen molar-refractivity contribution in [1.29, 1.82) is 0 Å². The van der Waals surface area contributed by atoms with Gasteiger partial charge in [-0.25, -0.2) is 0 Å². The number of β-amino-alcohol motifs (C(OH)–C–C–N with tert-alkyl or cyclic N) is 1. The molecule has 188 valence electrons. The second kappa shape index (κ2) is 13.4. The van der Waals surface area contributed by atoms with E-state index in [0.29, 0.717) is 18.9 Å². The molecule has 2 atom stereocenters. The lowest BCUT2D eigenvalue weighted by atomic mass is 9.78. The molecule has 0 unspecified atom stereocenters. The summed E-state index contributed by atoms with van der Waals surface area (Å²) in [5.74, 6) is 3.91. The fourth-order valence-corrected chi connectivity index (χ4v) is 5.40. The Kier molecular flexibility index (Phi) is 10.9. The molecule has 0 amide bonds. The topological polar surface area (TPSA) is 62.2 Å². The summed E-state index contributed by atoms with van der Waals surface area (Å²) in [6, 6.07) is 14.1. The first kappa shape index (κ1) is 27.6. The third-order valence-electron chi connectivity index (χ3n) is 6.07. The van der Waals surface area contributed by atoms with Gasteiger partial charge in [0.15, 0.2) is 0 Å². The molecule has 8 heteroatoms. The molecular formula is C26H35BrClNO4S. The van der Waals surface area contributed by atoms with Crippen LogP contribution in [0.5, 0.6) is 11.5 Å². The Morgan fingerprint density at radius 1 is 1.00 bits per heavy atom. The Hall–Kier alpha value is -0.960. The van der Waals surface area contributed by atoms with E-state index < -0.39 is 12.2 Å². The fourth-order valence-electron chi connectivity index (χ4n) is 3.90. The first-order chi connectivity index (χ1) is 16.3. The van der Waals surface area contributed by atoms with Gasteiger partial charge in [0.05, 0.1) is 10.4 Å². The molecule has 3 rings (SSSR count). The quantitative estimate of drug-likeness (QED) is 0.372. The molecule has 0 radical (unpaired) electrons. The van der Waals surface area contributed by atoms with Gasteiger partial charge in [-0.15, -0.1) is 11.6 Å². The number of nitrogens with zero attached hydrogens (tertiary/aromatic N) is 1. The van der Waals surface area contributed by atoms with E-state index in [9.17, 15) is 10.2 Å². The van der Waals surface area contributed by atoms with Crippen LogP contribution in [0.25, 0.3) is 0 Å². The van der Waals surface area contributed by atoms with Crippen LogP contribution in [0.4, 0.5) is 0 Å². The molecule has 0 aliphatic carbocycles. The number of halogens is 2. The van der Waals surface area contributed by atoms with Crippen molar-refractivity contribution < 1.29 is 19.7 Å². The first-order valence-electron chi connectivity index (χ1n) is 11.7. The molecule has 0 bridgehead atoms. The Bertz CT molecular complexity index is 891. The van der Waals surface area contributed by atoms with E-state index in [2.05, 4.69) is 46.8 Å². The van der Waals surface area contributed by atoms with Crippen molar-refractivity contribution >= 4 is 39.3 Å². The zero-order chi connectivity index (χ0) is 24.6. The molecule has 34 heavy (non-hydrogen) atoms. The number of ether oxygens (including phenoxy) is 2. The summed E-state index contributed by atoms with van der Waals surface area (Å²) in [6.07, 6.45) is -0.0123. The molecule has 2 aromatic carbocycles. The zero-order valence-electron chi connectivity index (χ0n) is 19.9. The highest BCUT2D eigenvalue weighted by molar-refractivity contribution is 9.10. The number of thioether (sulfide) groups is 1. The van der Waals surface area contributed by atoms with Crippen molar-refractivity contribution in [2.24, 2.45) is 0 Å². The van der Waals surface area contributed by atoms with Gasteiger partial charge in [-0.1, -0.05) is 32.0 Å². The van der Waals surface area contributed by atoms with Gasteiger partial charge in [0, 0.05) is 24.3 Å². The summed E-state index contributed by atoms with van der Waals surface area (Å²) >= 11 is 11.2. The van der Waals surface area contributed by atoms with Gasteiger partial charge in [0.1, 0.15) is 36.9 Å². The van der Waals surface area contributed by atoms with Crippen LogP contribution < -0.4 is 9.47 Å². The molecule has 0 spiro atoms. The number of alkyl halides is 1. The molecule has 5 nitrogen and oxygen atoms in total. The SMILES string of the molecule is CC(C)(c1ccc(OC[C@H](O)CN2CCCSCC2)cc1)c1ccc(OC[C@@H](O)CCl)c(Br)c1. The Morgan fingerprint density at radius 3 is 2.41 bits per heavy atom. The van der Waals surface area contributed by atoms with Crippen molar-refractivity contribution in [3.05, 3.63) is 58.1 Å². The number of benzene rings is 2. The first-order valence-corrected chi connectivity index (χ1v) is 14.2. The second-order valence-corrected chi connectivity index (χ2v) is 11.5. The highest BCUT2D eigenvalue weighted by Gasteiger charge is 2.24. The smallest absolute Gasteiger partial charge is 0.133 e. The molecule has 1 aliphatic rings. The van der Waals surface area contributed by atoms with Crippen LogP contribution in [0.15, 0.2) is 46.9 Å². The van der Waals surface area contributed by atoms with E-state index in [-0.39, 0.29) is 17.9 Å². The largest absolute Gasteiger partial charge is 0.491 e. The third kappa shape index (κ3) is 8.04. The summed E-state index contributed by atoms with van der Waals surface area (Å²) in [5.41, 5.74) is 2.05. The van der Waals surface area contributed by atoms with Crippen molar-refractivity contribution in [3.63, 3.8) is 0 Å². The second-order valence-electron chi connectivity index (χ2n) is 9.15. The van der Waals surface area contributed by atoms with Crippen molar-refractivity contribution in [3.8, 4) is 11.5 Å². The highest BCUT2D eigenvalue weighted by Crippen LogP contribution is 2.36. The average Bonchev–Trinajstić information content (AvgIpc) is 3.10. The van der Waals surface area contributed by atoms with Crippen LogP contribution in [0, 0.1) is 0 Å². The van der Waals surface area contributed by atoms with E-state index in [1.54, 1.807) is 0 Å². The van der Waals surface area contributed by atoms with Crippen LogP contribution in [0.3, 0.4) is 0 Å². The zero-order valence-corrected chi connectivity index (χ0v) is 23.0. The molecule has 2 aromatic rings. The molecule has 1 fully saturated rings. The number of rotatable bonds is 11.